The second-order valence-electron chi connectivity index (χ2n) is 4.13. The van der Waals surface area contributed by atoms with Gasteiger partial charge >= 0.3 is 0 Å². The smallest absolute Gasteiger partial charge is 0.239 e. The van der Waals surface area contributed by atoms with Crippen molar-refractivity contribution in [3.63, 3.8) is 0 Å². The molecule has 0 heterocycles. The number of nitrogens with two attached hydrogens (primary N) is 1. The molecule has 6 heteroatoms. The molecule has 2 amide bonds. The number of carbonyl (C=O) groups excluding carboxylic acids is 2. The van der Waals surface area contributed by atoms with Gasteiger partial charge in [0.2, 0.25) is 11.8 Å². The zero-order chi connectivity index (χ0) is 12.7. The highest BCUT2D eigenvalue weighted by atomic mass is 35.5. The maximum Gasteiger partial charge on any atom is 0.239 e. The Morgan fingerprint density at radius 3 is 2.35 bits per heavy atom. The molecule has 5 nitrogen and oxygen atoms in total. The molecule has 0 rings (SSSR count). The first kappa shape index (κ1) is 18.6. The lowest BCUT2D eigenvalue weighted by Crippen LogP contribution is -2.45. The highest BCUT2D eigenvalue weighted by molar-refractivity contribution is 5.85. The second-order valence-corrected chi connectivity index (χ2v) is 4.13. The third-order valence-electron chi connectivity index (χ3n) is 2.53. The summed E-state index contributed by atoms with van der Waals surface area (Å²) < 4.78 is 0. The molecular weight excluding hydrogens is 242 g/mol. The van der Waals surface area contributed by atoms with Gasteiger partial charge in [0.25, 0.3) is 0 Å². The molecule has 2 unspecified atom stereocenters. The zero-order valence-corrected chi connectivity index (χ0v) is 11.8. The van der Waals surface area contributed by atoms with Crippen molar-refractivity contribution in [2.45, 2.75) is 32.7 Å². The quantitative estimate of drug-likeness (QED) is 0.729. The van der Waals surface area contributed by atoms with E-state index in [2.05, 4.69) is 5.32 Å². The summed E-state index contributed by atoms with van der Waals surface area (Å²) in [7, 11) is 3.26. The average molecular weight is 266 g/mol. The number of halogens is 1. The van der Waals surface area contributed by atoms with E-state index in [0.29, 0.717) is 13.0 Å². The first-order valence-electron chi connectivity index (χ1n) is 5.66. The van der Waals surface area contributed by atoms with Crippen LogP contribution in [0.3, 0.4) is 0 Å². The van der Waals surface area contributed by atoms with Crippen molar-refractivity contribution in [1.29, 1.82) is 0 Å². The fourth-order valence-corrected chi connectivity index (χ4v) is 1.55. The summed E-state index contributed by atoms with van der Waals surface area (Å²) in [6.45, 7) is 4.17. The summed E-state index contributed by atoms with van der Waals surface area (Å²) in [4.78, 5) is 24.6. The first-order valence-corrected chi connectivity index (χ1v) is 5.66. The van der Waals surface area contributed by atoms with Gasteiger partial charge in [0.15, 0.2) is 0 Å². The van der Waals surface area contributed by atoms with Crippen LogP contribution in [0.2, 0.25) is 0 Å². The molecule has 0 aliphatic heterocycles. The molecule has 0 aromatic carbocycles. The van der Waals surface area contributed by atoms with Gasteiger partial charge in [0.1, 0.15) is 0 Å². The van der Waals surface area contributed by atoms with E-state index in [4.69, 9.17) is 5.73 Å². The number of nitrogens with one attached hydrogen (secondary N) is 1. The zero-order valence-electron chi connectivity index (χ0n) is 11.0. The normalized spacial score (nSPS) is 13.2. The van der Waals surface area contributed by atoms with E-state index >= 15 is 0 Å². The maximum absolute atomic E-state index is 11.7. The third kappa shape index (κ3) is 6.48. The van der Waals surface area contributed by atoms with Gasteiger partial charge in [-0.05, 0) is 6.42 Å². The number of nitrogens with zero attached hydrogens (tertiary/aromatic N) is 1. The van der Waals surface area contributed by atoms with Crippen LogP contribution >= 0.6 is 12.4 Å². The van der Waals surface area contributed by atoms with Gasteiger partial charge < -0.3 is 16.0 Å². The largest absolute Gasteiger partial charge is 0.359 e. The Morgan fingerprint density at radius 2 is 1.94 bits per heavy atom. The Hall–Kier alpha value is -0.810. The molecule has 0 saturated carbocycles. The number of hydrogen-bond acceptors (Lipinski definition) is 3. The molecular formula is C11H24ClN3O2. The van der Waals surface area contributed by atoms with Crippen LogP contribution in [0.15, 0.2) is 0 Å². The molecule has 0 bridgehead atoms. The average Bonchev–Trinajstić information content (AvgIpc) is 2.26. The standard InChI is InChI=1S/C11H23N3O2.ClH/c1-5-6-9(12)11(16)14(4)7-8(2)10(15)13-3;/h8-9H,5-7,12H2,1-4H3,(H,13,15);1H. The molecule has 0 aliphatic carbocycles. The van der Waals surface area contributed by atoms with E-state index in [1.54, 1.807) is 21.0 Å². The highest BCUT2D eigenvalue weighted by Crippen LogP contribution is 2.02. The van der Waals surface area contributed by atoms with Crippen LogP contribution in [0.1, 0.15) is 26.7 Å². The predicted octanol–water partition coefficient (Wildman–Crippen LogP) is 0.376. The SMILES string of the molecule is CCCC(N)C(=O)N(C)CC(C)C(=O)NC.Cl. The van der Waals surface area contributed by atoms with Gasteiger partial charge in [0.05, 0.1) is 12.0 Å². The van der Waals surface area contributed by atoms with Crippen LogP contribution in [-0.4, -0.2) is 43.4 Å². The molecule has 0 aliphatic rings. The van der Waals surface area contributed by atoms with Crippen LogP contribution in [0.5, 0.6) is 0 Å². The van der Waals surface area contributed by atoms with E-state index < -0.39 is 6.04 Å². The van der Waals surface area contributed by atoms with Crippen molar-refractivity contribution in [3.8, 4) is 0 Å². The Labute approximate surface area is 110 Å². The summed E-state index contributed by atoms with van der Waals surface area (Å²) in [6, 6.07) is -0.452. The summed E-state index contributed by atoms with van der Waals surface area (Å²) in [5.41, 5.74) is 5.72. The van der Waals surface area contributed by atoms with E-state index in [0.717, 1.165) is 6.42 Å². The molecule has 0 saturated heterocycles. The Morgan fingerprint density at radius 1 is 1.41 bits per heavy atom. The summed E-state index contributed by atoms with van der Waals surface area (Å²) >= 11 is 0. The minimum absolute atomic E-state index is 0. The first-order chi connectivity index (χ1) is 7.43. The molecule has 0 spiro atoms. The van der Waals surface area contributed by atoms with Crippen molar-refractivity contribution in [2.75, 3.05) is 20.6 Å². The lowest BCUT2D eigenvalue weighted by atomic mass is 10.1. The minimum Gasteiger partial charge on any atom is -0.359 e. The third-order valence-corrected chi connectivity index (χ3v) is 2.53. The molecule has 0 aromatic rings. The molecule has 2 atom stereocenters. The monoisotopic (exact) mass is 265 g/mol. The van der Waals surface area contributed by atoms with Crippen LogP contribution in [0, 0.1) is 5.92 Å². The Kier molecular flexibility index (Phi) is 10.1. The molecule has 17 heavy (non-hydrogen) atoms. The van der Waals surface area contributed by atoms with Gasteiger partial charge in [0, 0.05) is 20.6 Å². The fourth-order valence-electron chi connectivity index (χ4n) is 1.55. The summed E-state index contributed by atoms with van der Waals surface area (Å²) in [5, 5.41) is 2.56. The molecule has 0 aromatic heterocycles. The van der Waals surface area contributed by atoms with Gasteiger partial charge in [-0.2, -0.15) is 0 Å². The summed E-state index contributed by atoms with van der Waals surface area (Å²) in [6.07, 6.45) is 1.56. The Bertz CT molecular complexity index is 249. The van der Waals surface area contributed by atoms with Crippen molar-refractivity contribution in [1.82, 2.24) is 10.2 Å². The van der Waals surface area contributed by atoms with Gasteiger partial charge in [-0.3, -0.25) is 9.59 Å². The Balaban J connectivity index is 0. The molecule has 3 N–H and O–H groups in total. The predicted molar refractivity (Wildman–Crippen MR) is 71.0 cm³/mol. The molecule has 0 radical (unpaired) electrons. The van der Waals surface area contributed by atoms with Crippen LogP contribution in [0.25, 0.3) is 0 Å². The number of likely N-dealkylation sites (N-methyl/N-ethyl adjacent to an activating group) is 1. The summed E-state index contributed by atoms with van der Waals surface area (Å²) in [5.74, 6) is -0.380. The van der Waals surface area contributed by atoms with E-state index in [9.17, 15) is 9.59 Å². The van der Waals surface area contributed by atoms with Crippen molar-refractivity contribution in [2.24, 2.45) is 11.7 Å². The van der Waals surface area contributed by atoms with Crippen molar-refractivity contribution < 1.29 is 9.59 Å². The van der Waals surface area contributed by atoms with E-state index in [1.807, 2.05) is 6.92 Å². The van der Waals surface area contributed by atoms with Crippen LogP contribution in [-0.2, 0) is 9.59 Å². The topological polar surface area (TPSA) is 75.4 Å². The van der Waals surface area contributed by atoms with Gasteiger partial charge in [-0.25, -0.2) is 0 Å². The second kappa shape index (κ2) is 9.24. The number of hydrogen-bond donors (Lipinski definition) is 2. The van der Waals surface area contributed by atoms with E-state index in [1.165, 1.54) is 4.90 Å². The number of rotatable bonds is 6. The van der Waals surface area contributed by atoms with Crippen molar-refractivity contribution in [3.05, 3.63) is 0 Å². The van der Waals surface area contributed by atoms with Gasteiger partial charge in [-0.1, -0.05) is 20.3 Å². The van der Waals surface area contributed by atoms with Crippen LogP contribution < -0.4 is 11.1 Å². The number of carbonyl (C=O) groups is 2. The molecule has 102 valence electrons. The molecule has 0 fully saturated rings. The lowest BCUT2D eigenvalue weighted by Gasteiger charge is -2.23. The fraction of sp³-hybridized carbons (Fsp3) is 0.818. The van der Waals surface area contributed by atoms with Crippen molar-refractivity contribution >= 4 is 24.2 Å². The lowest BCUT2D eigenvalue weighted by molar-refractivity contribution is -0.133. The maximum atomic E-state index is 11.7. The number of amides is 2. The van der Waals surface area contributed by atoms with E-state index in [-0.39, 0.29) is 30.1 Å². The minimum atomic E-state index is -0.452. The van der Waals surface area contributed by atoms with Gasteiger partial charge in [-0.15, -0.1) is 12.4 Å². The highest BCUT2D eigenvalue weighted by Gasteiger charge is 2.21. The van der Waals surface area contributed by atoms with Crippen LogP contribution in [0.4, 0.5) is 0 Å².